The summed E-state index contributed by atoms with van der Waals surface area (Å²) in [6.07, 6.45) is 0. The maximum Gasteiger partial charge on any atom is 0.236 e. The Labute approximate surface area is 62.1 Å². The van der Waals surface area contributed by atoms with E-state index < -0.39 is 12.6 Å². The molecule has 0 radical (unpaired) electrons. The van der Waals surface area contributed by atoms with Crippen LogP contribution in [0.15, 0.2) is 0 Å². The molecule has 0 bridgehead atoms. The van der Waals surface area contributed by atoms with Crippen LogP contribution in [0, 0.1) is 5.95 Å². The molecule has 0 fully saturated rings. The molecule has 0 atom stereocenters. The van der Waals surface area contributed by atoms with Crippen molar-refractivity contribution in [1.29, 1.82) is 0 Å². The van der Waals surface area contributed by atoms with Gasteiger partial charge in [0, 0.05) is 6.92 Å². The summed E-state index contributed by atoms with van der Waals surface area (Å²) in [5.74, 6) is -1.24. The highest BCUT2D eigenvalue weighted by molar-refractivity contribution is 5.90. The van der Waals surface area contributed by atoms with Gasteiger partial charge < -0.3 is 10.1 Å². The molecule has 0 unspecified atom stereocenters. The summed E-state index contributed by atoms with van der Waals surface area (Å²) in [6, 6.07) is 0. The average Bonchev–Trinajstić information content (AvgIpc) is 2.31. The number of carbonyl (C=O) groups is 1. The fourth-order valence-electron chi connectivity index (χ4n) is 0.660. The zero-order valence-electron chi connectivity index (χ0n) is 5.89. The predicted molar refractivity (Wildman–Crippen MR) is 34.5 cm³/mol. The zero-order valence-corrected chi connectivity index (χ0v) is 5.89. The van der Waals surface area contributed by atoms with Gasteiger partial charge in [0.15, 0.2) is 11.6 Å². The first-order valence-electron chi connectivity index (χ1n) is 3.01. The number of halogens is 1. The van der Waals surface area contributed by atoms with Crippen molar-refractivity contribution in [2.45, 2.75) is 13.5 Å². The molecular weight excluding hydrogens is 151 g/mol. The molecule has 1 aromatic rings. The number of Topliss-reactive ketones (excluding diaryl/α,β-unsaturated/α-hetero) is 1. The Morgan fingerprint density at radius 3 is 2.73 bits per heavy atom. The normalized spacial score (nSPS) is 10.1. The highest BCUT2D eigenvalue weighted by atomic mass is 19.1. The van der Waals surface area contributed by atoms with Gasteiger partial charge in [-0.05, 0) is 0 Å². The summed E-state index contributed by atoms with van der Waals surface area (Å²) in [7, 11) is 0. The second kappa shape index (κ2) is 2.79. The maximum absolute atomic E-state index is 12.5. The Morgan fingerprint density at radius 2 is 2.45 bits per heavy atom. The van der Waals surface area contributed by atoms with E-state index in [2.05, 4.69) is 9.97 Å². The Hall–Kier alpha value is -1.23. The van der Waals surface area contributed by atoms with Crippen LogP contribution in [0.4, 0.5) is 4.39 Å². The SMILES string of the molecule is CC(=O)c1nc(F)c(CO)[nH]1. The van der Waals surface area contributed by atoms with Crippen LogP contribution in [-0.4, -0.2) is 20.9 Å². The van der Waals surface area contributed by atoms with Crippen LogP contribution in [0.2, 0.25) is 0 Å². The average molecular weight is 158 g/mol. The molecule has 60 valence electrons. The number of H-pyrrole nitrogens is 1. The molecule has 0 spiro atoms. The van der Waals surface area contributed by atoms with Crippen molar-refractivity contribution in [2.75, 3.05) is 0 Å². The third kappa shape index (κ3) is 1.43. The molecule has 0 aliphatic carbocycles. The molecule has 4 nitrogen and oxygen atoms in total. The molecule has 0 saturated heterocycles. The third-order valence-corrected chi connectivity index (χ3v) is 1.22. The molecule has 0 aliphatic heterocycles. The van der Waals surface area contributed by atoms with Crippen molar-refractivity contribution in [3.05, 3.63) is 17.5 Å². The van der Waals surface area contributed by atoms with Gasteiger partial charge in [0.25, 0.3) is 0 Å². The standard InChI is InChI=1S/C6H7FN2O2/c1-3(11)6-8-4(2-10)5(7)9-6/h10H,2H2,1H3,(H,8,9). The predicted octanol–water partition coefficient (Wildman–Crippen LogP) is 0.244. The number of aliphatic hydroxyl groups excluding tert-OH is 1. The Bertz CT molecular complexity index is 282. The highest BCUT2D eigenvalue weighted by Gasteiger charge is 2.10. The fraction of sp³-hybridized carbons (Fsp3) is 0.333. The molecule has 1 heterocycles. The Kier molecular flexibility index (Phi) is 2.00. The number of aromatic amines is 1. The van der Waals surface area contributed by atoms with Crippen LogP contribution >= 0.6 is 0 Å². The molecule has 1 aromatic heterocycles. The summed E-state index contributed by atoms with van der Waals surface area (Å²) in [5.41, 5.74) is -0.0600. The third-order valence-electron chi connectivity index (χ3n) is 1.22. The van der Waals surface area contributed by atoms with Crippen molar-refractivity contribution in [3.8, 4) is 0 Å². The minimum absolute atomic E-state index is 0.0600. The van der Waals surface area contributed by atoms with Gasteiger partial charge in [0.05, 0.1) is 12.3 Å². The summed E-state index contributed by atoms with van der Waals surface area (Å²) >= 11 is 0. The lowest BCUT2D eigenvalue weighted by Gasteiger charge is -1.85. The van der Waals surface area contributed by atoms with E-state index in [-0.39, 0.29) is 17.3 Å². The van der Waals surface area contributed by atoms with Crippen molar-refractivity contribution in [1.82, 2.24) is 9.97 Å². The number of nitrogens with zero attached hydrogens (tertiary/aromatic N) is 1. The van der Waals surface area contributed by atoms with E-state index in [1.165, 1.54) is 6.92 Å². The van der Waals surface area contributed by atoms with Crippen LogP contribution in [0.1, 0.15) is 23.2 Å². The van der Waals surface area contributed by atoms with E-state index in [0.717, 1.165) is 0 Å². The monoisotopic (exact) mass is 158 g/mol. The molecule has 0 aromatic carbocycles. The minimum atomic E-state index is -0.822. The van der Waals surface area contributed by atoms with Gasteiger partial charge in [0.2, 0.25) is 5.95 Å². The van der Waals surface area contributed by atoms with E-state index in [1.54, 1.807) is 0 Å². The molecule has 0 saturated carbocycles. The molecule has 11 heavy (non-hydrogen) atoms. The first kappa shape index (κ1) is 7.87. The minimum Gasteiger partial charge on any atom is -0.390 e. The number of nitrogens with one attached hydrogen (secondary N) is 1. The van der Waals surface area contributed by atoms with E-state index >= 15 is 0 Å². The zero-order chi connectivity index (χ0) is 8.43. The number of hydrogen-bond donors (Lipinski definition) is 2. The van der Waals surface area contributed by atoms with Crippen LogP contribution in [0.5, 0.6) is 0 Å². The van der Waals surface area contributed by atoms with Gasteiger partial charge >= 0.3 is 0 Å². The van der Waals surface area contributed by atoms with Gasteiger partial charge in [-0.1, -0.05) is 0 Å². The number of rotatable bonds is 2. The second-order valence-corrected chi connectivity index (χ2v) is 2.07. The van der Waals surface area contributed by atoms with Crippen LogP contribution in [-0.2, 0) is 6.61 Å². The second-order valence-electron chi connectivity index (χ2n) is 2.07. The van der Waals surface area contributed by atoms with Crippen molar-refractivity contribution in [3.63, 3.8) is 0 Å². The molecule has 0 amide bonds. The van der Waals surface area contributed by atoms with Crippen molar-refractivity contribution < 1.29 is 14.3 Å². The van der Waals surface area contributed by atoms with Crippen LogP contribution in [0.25, 0.3) is 0 Å². The number of hydrogen-bond acceptors (Lipinski definition) is 3. The molecular formula is C6H7FN2O2. The first-order chi connectivity index (χ1) is 5.15. The first-order valence-corrected chi connectivity index (χ1v) is 3.01. The quantitative estimate of drug-likeness (QED) is 0.606. The molecule has 2 N–H and O–H groups in total. The lowest BCUT2D eigenvalue weighted by Crippen LogP contribution is -1.94. The lowest BCUT2D eigenvalue weighted by atomic mass is 10.4. The van der Waals surface area contributed by atoms with Gasteiger partial charge in [-0.3, -0.25) is 4.79 Å². The van der Waals surface area contributed by atoms with Crippen LogP contribution in [0.3, 0.4) is 0 Å². The van der Waals surface area contributed by atoms with Gasteiger partial charge in [0.1, 0.15) is 0 Å². The summed E-state index contributed by atoms with van der Waals surface area (Å²) in [4.78, 5) is 16.2. The smallest absolute Gasteiger partial charge is 0.236 e. The van der Waals surface area contributed by atoms with Crippen molar-refractivity contribution in [2.24, 2.45) is 0 Å². The van der Waals surface area contributed by atoms with E-state index in [1.807, 2.05) is 0 Å². The Balaban J connectivity index is 3.05. The maximum atomic E-state index is 12.5. The number of carbonyl (C=O) groups excluding carboxylic acids is 1. The largest absolute Gasteiger partial charge is 0.390 e. The fourth-order valence-corrected chi connectivity index (χ4v) is 0.660. The molecule has 5 heteroatoms. The number of ketones is 1. The summed E-state index contributed by atoms with van der Waals surface area (Å²) < 4.78 is 12.5. The van der Waals surface area contributed by atoms with Gasteiger partial charge in [-0.2, -0.15) is 9.37 Å². The van der Waals surface area contributed by atoms with Gasteiger partial charge in [-0.15, -0.1) is 0 Å². The Morgan fingerprint density at radius 1 is 1.82 bits per heavy atom. The molecule has 0 aliphatic rings. The van der Waals surface area contributed by atoms with Crippen LogP contribution < -0.4 is 0 Å². The van der Waals surface area contributed by atoms with E-state index in [0.29, 0.717) is 0 Å². The lowest BCUT2D eigenvalue weighted by molar-refractivity contribution is 0.100. The number of aliphatic hydroxyl groups is 1. The number of aromatic nitrogens is 2. The number of imidazole rings is 1. The topological polar surface area (TPSA) is 66.0 Å². The van der Waals surface area contributed by atoms with Crippen molar-refractivity contribution >= 4 is 5.78 Å². The van der Waals surface area contributed by atoms with Gasteiger partial charge in [-0.25, -0.2) is 0 Å². The summed E-state index contributed by atoms with van der Waals surface area (Å²) in [5, 5.41) is 8.49. The molecule has 1 rings (SSSR count). The summed E-state index contributed by atoms with van der Waals surface area (Å²) in [6.45, 7) is 0.783. The van der Waals surface area contributed by atoms with E-state index in [9.17, 15) is 9.18 Å². The van der Waals surface area contributed by atoms with E-state index in [4.69, 9.17) is 5.11 Å². The highest BCUT2D eigenvalue weighted by Crippen LogP contribution is 2.03.